The largest absolute Gasteiger partial charge is 0.394 e. The summed E-state index contributed by atoms with van der Waals surface area (Å²) in [5.74, 6) is 0. The first-order chi connectivity index (χ1) is 9.44. The second kappa shape index (κ2) is 6.67. The van der Waals surface area contributed by atoms with E-state index in [1.165, 1.54) is 17.4 Å². The molecule has 4 nitrogen and oxygen atoms in total. The van der Waals surface area contributed by atoms with E-state index in [4.69, 9.17) is 0 Å². The molecule has 0 bridgehead atoms. The molecule has 2 N–H and O–H groups in total. The summed E-state index contributed by atoms with van der Waals surface area (Å²) in [4.78, 5) is 0.156. The maximum absolute atomic E-state index is 12.3. The third-order valence-corrected chi connectivity index (χ3v) is 6.82. The average Bonchev–Trinajstić information content (AvgIpc) is 2.77. The van der Waals surface area contributed by atoms with Gasteiger partial charge in [-0.3, -0.25) is 0 Å². The number of aliphatic hydroxyl groups excluding tert-OH is 1. The van der Waals surface area contributed by atoms with Crippen molar-refractivity contribution >= 4 is 53.2 Å². The highest BCUT2D eigenvalue weighted by atomic mass is 79.9. The van der Waals surface area contributed by atoms with Crippen molar-refractivity contribution in [1.29, 1.82) is 0 Å². The van der Waals surface area contributed by atoms with Gasteiger partial charge in [-0.1, -0.05) is 30.3 Å². The SMILES string of the molecule is O=S(=O)(NC(CO)c1ccccc1)c1cc(Br)sc1Br. The molecule has 108 valence electrons. The Morgan fingerprint density at radius 3 is 2.40 bits per heavy atom. The molecule has 0 aliphatic carbocycles. The van der Waals surface area contributed by atoms with E-state index in [-0.39, 0.29) is 11.5 Å². The number of halogens is 2. The molecular formula is C12H11Br2NO3S2. The van der Waals surface area contributed by atoms with Gasteiger partial charge in [-0.2, -0.15) is 0 Å². The number of rotatable bonds is 5. The summed E-state index contributed by atoms with van der Waals surface area (Å²) >= 11 is 7.76. The molecule has 0 saturated heterocycles. The summed E-state index contributed by atoms with van der Waals surface area (Å²) in [5.41, 5.74) is 0.712. The molecule has 1 aromatic carbocycles. The molecule has 0 spiro atoms. The molecular weight excluding hydrogens is 430 g/mol. The Morgan fingerprint density at radius 2 is 1.90 bits per heavy atom. The molecule has 0 saturated carbocycles. The van der Waals surface area contributed by atoms with Crippen LogP contribution in [-0.2, 0) is 10.0 Å². The summed E-state index contributed by atoms with van der Waals surface area (Å²) in [6.07, 6.45) is 0. The van der Waals surface area contributed by atoms with Gasteiger partial charge in [-0.05, 0) is 43.5 Å². The number of hydrogen-bond donors (Lipinski definition) is 2. The zero-order chi connectivity index (χ0) is 14.8. The Bertz CT molecular complexity index is 686. The van der Waals surface area contributed by atoms with E-state index in [9.17, 15) is 13.5 Å². The van der Waals surface area contributed by atoms with Crippen molar-refractivity contribution < 1.29 is 13.5 Å². The minimum Gasteiger partial charge on any atom is -0.394 e. The van der Waals surface area contributed by atoms with E-state index in [1.54, 1.807) is 24.3 Å². The molecule has 20 heavy (non-hydrogen) atoms. The fraction of sp³-hybridized carbons (Fsp3) is 0.167. The van der Waals surface area contributed by atoms with Crippen LogP contribution in [0.5, 0.6) is 0 Å². The zero-order valence-electron chi connectivity index (χ0n) is 10.1. The summed E-state index contributed by atoms with van der Waals surface area (Å²) in [7, 11) is -3.71. The van der Waals surface area contributed by atoms with E-state index in [0.29, 0.717) is 13.1 Å². The van der Waals surface area contributed by atoms with Crippen LogP contribution >= 0.6 is 43.2 Å². The number of hydrogen-bond acceptors (Lipinski definition) is 4. The average molecular weight is 441 g/mol. The predicted molar refractivity (Wildman–Crippen MR) is 86.3 cm³/mol. The molecule has 1 aromatic heterocycles. The molecule has 8 heteroatoms. The van der Waals surface area contributed by atoms with Gasteiger partial charge in [-0.15, -0.1) is 11.3 Å². The first-order valence-electron chi connectivity index (χ1n) is 5.57. The Labute approximate surface area is 138 Å². The third kappa shape index (κ3) is 3.69. The molecule has 2 aromatic rings. The van der Waals surface area contributed by atoms with E-state index in [0.717, 1.165) is 0 Å². The lowest BCUT2D eigenvalue weighted by molar-refractivity contribution is 0.259. The highest BCUT2D eigenvalue weighted by molar-refractivity contribution is 9.12. The van der Waals surface area contributed by atoms with Crippen molar-refractivity contribution in [3.63, 3.8) is 0 Å². The third-order valence-electron chi connectivity index (χ3n) is 2.60. The Morgan fingerprint density at radius 1 is 1.25 bits per heavy atom. The summed E-state index contributed by atoms with van der Waals surface area (Å²) < 4.78 is 28.4. The first-order valence-corrected chi connectivity index (χ1v) is 9.45. The molecule has 2 rings (SSSR count). The van der Waals surface area contributed by atoms with Gasteiger partial charge in [0.25, 0.3) is 0 Å². The molecule has 0 aliphatic rings. The highest BCUT2D eigenvalue weighted by Crippen LogP contribution is 2.35. The maximum atomic E-state index is 12.3. The van der Waals surface area contributed by atoms with Gasteiger partial charge >= 0.3 is 0 Å². The standard InChI is InChI=1S/C12H11Br2NO3S2/c13-11-6-10(12(14)19-11)20(17,18)15-9(7-16)8-4-2-1-3-5-8/h1-6,9,15-16H,7H2. The maximum Gasteiger partial charge on any atom is 0.243 e. The first kappa shape index (κ1) is 16.1. The van der Waals surface area contributed by atoms with E-state index >= 15 is 0 Å². The quantitative estimate of drug-likeness (QED) is 0.749. The summed E-state index contributed by atoms with van der Waals surface area (Å²) in [5, 5.41) is 9.42. The topological polar surface area (TPSA) is 66.4 Å². The van der Waals surface area contributed by atoms with Crippen LogP contribution in [0, 0.1) is 0 Å². The van der Waals surface area contributed by atoms with Gasteiger partial charge in [0.15, 0.2) is 0 Å². The van der Waals surface area contributed by atoms with Crippen molar-refractivity contribution in [3.05, 3.63) is 49.5 Å². The summed E-state index contributed by atoms with van der Waals surface area (Å²) in [6.45, 7) is -0.313. The Balaban J connectivity index is 2.29. The van der Waals surface area contributed by atoms with Crippen molar-refractivity contribution in [2.75, 3.05) is 6.61 Å². The van der Waals surface area contributed by atoms with Crippen molar-refractivity contribution in [1.82, 2.24) is 4.72 Å². The molecule has 0 aliphatic heterocycles. The van der Waals surface area contributed by atoms with Crippen LogP contribution < -0.4 is 4.72 Å². The predicted octanol–water partition coefficient (Wildman–Crippen LogP) is 3.29. The minimum atomic E-state index is -3.71. The van der Waals surface area contributed by atoms with Crippen molar-refractivity contribution in [2.45, 2.75) is 10.9 Å². The van der Waals surface area contributed by atoms with Crippen LogP contribution in [0.4, 0.5) is 0 Å². The number of thiophene rings is 1. The summed E-state index contributed by atoms with van der Waals surface area (Å²) in [6, 6.07) is 9.80. The van der Waals surface area contributed by atoms with Gasteiger partial charge in [-0.25, -0.2) is 13.1 Å². The Kier molecular flexibility index (Phi) is 5.38. The van der Waals surface area contributed by atoms with Crippen molar-refractivity contribution in [2.24, 2.45) is 0 Å². The van der Waals surface area contributed by atoms with Crippen LogP contribution in [-0.4, -0.2) is 20.1 Å². The monoisotopic (exact) mass is 439 g/mol. The fourth-order valence-corrected chi connectivity index (χ4v) is 6.68. The lowest BCUT2D eigenvalue weighted by atomic mass is 10.1. The number of benzene rings is 1. The van der Waals surface area contributed by atoms with Crippen LogP contribution in [0.2, 0.25) is 0 Å². The molecule has 1 heterocycles. The van der Waals surface area contributed by atoms with Gasteiger partial charge in [0, 0.05) is 0 Å². The Hall–Kier alpha value is -0.250. The molecule has 1 unspecified atom stereocenters. The number of nitrogens with one attached hydrogen (secondary N) is 1. The smallest absolute Gasteiger partial charge is 0.243 e. The second-order valence-corrected chi connectivity index (χ2v) is 9.39. The van der Waals surface area contributed by atoms with Gasteiger partial charge < -0.3 is 5.11 Å². The molecule has 0 amide bonds. The molecule has 1 atom stereocenters. The number of aliphatic hydroxyl groups is 1. The molecule has 0 radical (unpaired) electrons. The lowest BCUT2D eigenvalue weighted by Gasteiger charge is -2.16. The van der Waals surface area contributed by atoms with Crippen LogP contribution in [0.1, 0.15) is 11.6 Å². The second-order valence-electron chi connectivity index (χ2n) is 3.96. The fourth-order valence-electron chi connectivity index (χ4n) is 1.66. The van der Waals surface area contributed by atoms with Gasteiger partial charge in [0.2, 0.25) is 10.0 Å². The normalized spacial score (nSPS) is 13.3. The van der Waals surface area contributed by atoms with Crippen LogP contribution in [0.3, 0.4) is 0 Å². The van der Waals surface area contributed by atoms with E-state index in [2.05, 4.69) is 36.6 Å². The molecule has 0 fully saturated rings. The zero-order valence-corrected chi connectivity index (χ0v) is 14.9. The van der Waals surface area contributed by atoms with E-state index in [1.807, 2.05) is 6.07 Å². The lowest BCUT2D eigenvalue weighted by Crippen LogP contribution is -2.30. The van der Waals surface area contributed by atoms with Gasteiger partial charge in [0.1, 0.15) is 4.90 Å². The number of sulfonamides is 1. The van der Waals surface area contributed by atoms with E-state index < -0.39 is 16.1 Å². The van der Waals surface area contributed by atoms with Crippen LogP contribution in [0.25, 0.3) is 0 Å². The minimum absolute atomic E-state index is 0.156. The van der Waals surface area contributed by atoms with Crippen LogP contribution in [0.15, 0.2) is 48.9 Å². The highest BCUT2D eigenvalue weighted by Gasteiger charge is 2.24. The van der Waals surface area contributed by atoms with Crippen molar-refractivity contribution in [3.8, 4) is 0 Å². The van der Waals surface area contributed by atoms with Gasteiger partial charge in [0.05, 0.1) is 20.2 Å².